The van der Waals surface area contributed by atoms with E-state index in [1.807, 2.05) is 6.08 Å². The van der Waals surface area contributed by atoms with E-state index in [0.717, 1.165) is 7.11 Å². The second kappa shape index (κ2) is 7.62. The molecule has 0 bridgehead atoms. The number of imide groups is 3. The topological polar surface area (TPSA) is 118 Å². The highest BCUT2D eigenvalue weighted by atomic mass is 79.9. The molecule has 0 saturated carbocycles. The number of phenols is 1. The first kappa shape index (κ1) is 21.5. The summed E-state index contributed by atoms with van der Waals surface area (Å²) in [6, 6.07) is 6.54. The molecule has 0 aromatic heterocycles. The van der Waals surface area contributed by atoms with Gasteiger partial charge in [0.25, 0.3) is 0 Å². The van der Waals surface area contributed by atoms with Gasteiger partial charge in [-0.05, 0) is 40.8 Å². The zero-order valence-corrected chi connectivity index (χ0v) is 19.0. The lowest BCUT2D eigenvalue weighted by atomic mass is 9.59. The summed E-state index contributed by atoms with van der Waals surface area (Å²) in [5.74, 6) is -5.02. The van der Waals surface area contributed by atoms with E-state index in [0.29, 0.717) is 16.0 Å². The molecular formula is C24H18BrNO7. The molecule has 4 aliphatic rings. The Bertz CT molecular complexity index is 1260. The van der Waals surface area contributed by atoms with Crippen molar-refractivity contribution in [2.75, 3.05) is 7.11 Å². The molecule has 0 spiro atoms. The van der Waals surface area contributed by atoms with Crippen LogP contribution in [0.5, 0.6) is 5.75 Å². The smallest absolute Gasteiger partial charge is 0.423 e. The first-order valence-corrected chi connectivity index (χ1v) is 11.2. The van der Waals surface area contributed by atoms with E-state index < -0.39 is 41.6 Å². The molecule has 1 aliphatic heterocycles. The maximum atomic E-state index is 13.2. The number of aromatic hydroxyl groups is 1. The number of methoxy groups -OCH3 is 1. The first-order valence-electron chi connectivity index (χ1n) is 10.4. The number of phenolic OH excluding ortho intramolecular Hbond substituents is 1. The largest absolute Gasteiger partial charge is 0.508 e. The van der Waals surface area contributed by atoms with Crippen molar-refractivity contribution < 1.29 is 33.8 Å². The Morgan fingerprint density at radius 3 is 2.55 bits per heavy atom. The molecule has 1 aromatic carbocycles. The quantitative estimate of drug-likeness (QED) is 0.349. The van der Waals surface area contributed by atoms with Gasteiger partial charge < -0.3 is 9.84 Å². The Morgan fingerprint density at radius 1 is 1.12 bits per heavy atom. The van der Waals surface area contributed by atoms with Crippen molar-refractivity contribution in [1.29, 1.82) is 0 Å². The number of hydrogen-bond acceptors (Lipinski definition) is 7. The fraction of sp³-hybridized carbons (Fsp3) is 0.292. The van der Waals surface area contributed by atoms with Crippen molar-refractivity contribution >= 4 is 45.4 Å². The Kier molecular flexibility index (Phi) is 4.97. The molecule has 3 aliphatic carbocycles. The number of ether oxygens (including phenoxy) is 1. The molecule has 1 fully saturated rings. The minimum absolute atomic E-state index is 0.0445. The highest BCUT2D eigenvalue weighted by molar-refractivity contribution is 9.12. The lowest BCUT2D eigenvalue weighted by Gasteiger charge is -2.42. The van der Waals surface area contributed by atoms with Gasteiger partial charge in [-0.15, -0.1) is 0 Å². The number of amides is 3. The minimum atomic E-state index is -1.04. The summed E-state index contributed by atoms with van der Waals surface area (Å²) in [6.45, 7) is 0. The molecule has 1 aromatic rings. The first-order chi connectivity index (χ1) is 15.8. The molecule has 4 atom stereocenters. The molecule has 33 heavy (non-hydrogen) atoms. The third kappa shape index (κ3) is 2.98. The lowest BCUT2D eigenvalue weighted by Crippen LogP contribution is -2.40. The summed E-state index contributed by atoms with van der Waals surface area (Å²) in [7, 11) is 1.09. The monoisotopic (exact) mass is 511 g/mol. The van der Waals surface area contributed by atoms with Crippen molar-refractivity contribution in [3.05, 3.63) is 63.2 Å². The molecule has 8 nitrogen and oxygen atoms in total. The minimum Gasteiger partial charge on any atom is -0.508 e. The van der Waals surface area contributed by atoms with Gasteiger partial charge in [0.15, 0.2) is 11.6 Å². The van der Waals surface area contributed by atoms with Gasteiger partial charge in [0.2, 0.25) is 11.8 Å². The lowest BCUT2D eigenvalue weighted by molar-refractivity contribution is -0.137. The van der Waals surface area contributed by atoms with Crippen LogP contribution >= 0.6 is 15.9 Å². The van der Waals surface area contributed by atoms with Crippen LogP contribution in [-0.2, 0) is 23.9 Å². The average Bonchev–Trinajstić information content (AvgIpc) is 3.06. The molecule has 4 unspecified atom stereocenters. The summed E-state index contributed by atoms with van der Waals surface area (Å²) < 4.78 is 4.75. The van der Waals surface area contributed by atoms with Crippen LogP contribution in [0.1, 0.15) is 24.3 Å². The normalized spacial score (nSPS) is 28.7. The zero-order valence-electron chi connectivity index (χ0n) is 17.4. The van der Waals surface area contributed by atoms with E-state index in [-0.39, 0.29) is 45.8 Å². The second-order valence-corrected chi connectivity index (χ2v) is 9.29. The number of allylic oxidation sites excluding steroid dienone is 6. The number of carbonyl (C=O) groups is 5. The average molecular weight is 512 g/mol. The number of Topliss-reactive ketones (excluding diaryl/α,β-unsaturated/α-hetero) is 1. The van der Waals surface area contributed by atoms with E-state index in [2.05, 4.69) is 20.7 Å². The van der Waals surface area contributed by atoms with E-state index in [1.54, 1.807) is 18.2 Å². The van der Waals surface area contributed by atoms with Crippen molar-refractivity contribution in [3.63, 3.8) is 0 Å². The van der Waals surface area contributed by atoms with Gasteiger partial charge in [0.1, 0.15) is 5.75 Å². The maximum Gasteiger partial charge on any atom is 0.423 e. The third-order valence-corrected chi connectivity index (χ3v) is 7.53. The zero-order chi connectivity index (χ0) is 23.6. The van der Waals surface area contributed by atoms with Crippen molar-refractivity contribution in [3.8, 4) is 5.75 Å². The molecule has 1 heterocycles. The van der Waals surface area contributed by atoms with Crippen molar-refractivity contribution in [1.82, 2.24) is 4.90 Å². The van der Waals surface area contributed by atoms with Gasteiger partial charge >= 0.3 is 6.09 Å². The molecular weight excluding hydrogens is 494 g/mol. The Morgan fingerprint density at radius 2 is 1.85 bits per heavy atom. The van der Waals surface area contributed by atoms with Crippen LogP contribution in [0, 0.1) is 17.8 Å². The molecule has 0 radical (unpaired) electrons. The Balaban J connectivity index is 1.69. The van der Waals surface area contributed by atoms with Crippen LogP contribution in [-0.4, -0.2) is 46.6 Å². The number of halogens is 1. The van der Waals surface area contributed by atoms with Gasteiger partial charge in [-0.2, -0.15) is 4.90 Å². The molecule has 9 heteroatoms. The number of hydrogen-bond donors (Lipinski definition) is 1. The van der Waals surface area contributed by atoms with Crippen LogP contribution in [0.3, 0.4) is 0 Å². The van der Waals surface area contributed by atoms with Gasteiger partial charge in [-0.25, -0.2) is 4.79 Å². The van der Waals surface area contributed by atoms with Gasteiger partial charge in [-0.3, -0.25) is 19.2 Å². The van der Waals surface area contributed by atoms with E-state index in [4.69, 9.17) is 0 Å². The summed E-state index contributed by atoms with van der Waals surface area (Å²) >= 11 is 3.15. The molecule has 5 rings (SSSR count). The Hall–Kier alpha value is -3.33. The Labute approximate surface area is 196 Å². The number of likely N-dealkylation sites (tertiary alicyclic amines) is 1. The standard InChI is InChI=1S/C24H18BrNO7/c1-33-24(32)26-22(30)12-7-6-10-13(19(12)23(26)31)8-14-20(17(28)9-15(25)21(14)29)18(10)11-4-2-3-5-16(11)27/h2-6,9,12-13,18-19,27H,7-8H2,1H3. The number of carbonyl (C=O) groups excluding carboxylic acids is 5. The van der Waals surface area contributed by atoms with Crippen LogP contribution in [0.2, 0.25) is 0 Å². The van der Waals surface area contributed by atoms with Crippen LogP contribution in [0.15, 0.2) is 57.6 Å². The SMILES string of the molecule is COC(=O)N1C(=O)C2CC=C3C(c4ccccc4O)C4=C(CC3C2C1=O)C(=O)C(Br)=CC4=O. The third-order valence-electron chi connectivity index (χ3n) is 6.94. The number of fused-ring (bicyclic) bond motifs is 3. The highest BCUT2D eigenvalue weighted by Gasteiger charge is 2.58. The fourth-order valence-corrected chi connectivity index (χ4v) is 6.01. The predicted octanol–water partition coefficient (Wildman–Crippen LogP) is 2.92. The number of benzene rings is 1. The van der Waals surface area contributed by atoms with Gasteiger partial charge in [-0.1, -0.05) is 29.8 Å². The molecule has 168 valence electrons. The summed E-state index contributed by atoms with van der Waals surface area (Å²) in [5.41, 5.74) is 1.65. The van der Waals surface area contributed by atoms with E-state index in [9.17, 15) is 29.1 Å². The number of nitrogens with zero attached hydrogens (tertiary/aromatic N) is 1. The van der Waals surface area contributed by atoms with Gasteiger partial charge in [0, 0.05) is 28.7 Å². The van der Waals surface area contributed by atoms with Gasteiger partial charge in [0.05, 0.1) is 23.4 Å². The number of para-hydroxylation sites is 1. The number of ketones is 2. The maximum absolute atomic E-state index is 13.2. The molecule has 1 N–H and O–H groups in total. The fourth-order valence-electron chi connectivity index (χ4n) is 5.56. The summed E-state index contributed by atoms with van der Waals surface area (Å²) in [5, 5.41) is 10.6. The van der Waals surface area contributed by atoms with E-state index >= 15 is 0 Å². The van der Waals surface area contributed by atoms with Crippen LogP contribution < -0.4 is 0 Å². The summed E-state index contributed by atoms with van der Waals surface area (Å²) in [6.07, 6.45) is 2.27. The van der Waals surface area contributed by atoms with Crippen molar-refractivity contribution in [2.24, 2.45) is 17.8 Å². The molecule has 1 saturated heterocycles. The van der Waals surface area contributed by atoms with Crippen LogP contribution in [0.25, 0.3) is 0 Å². The van der Waals surface area contributed by atoms with E-state index in [1.165, 1.54) is 12.1 Å². The number of rotatable bonds is 1. The predicted molar refractivity (Wildman–Crippen MR) is 117 cm³/mol. The molecule has 3 amide bonds. The van der Waals surface area contributed by atoms with Crippen molar-refractivity contribution in [2.45, 2.75) is 18.8 Å². The highest BCUT2D eigenvalue weighted by Crippen LogP contribution is 2.56. The van der Waals surface area contributed by atoms with Crippen LogP contribution in [0.4, 0.5) is 4.79 Å². The second-order valence-electron chi connectivity index (χ2n) is 8.43. The summed E-state index contributed by atoms with van der Waals surface area (Å²) in [4.78, 5) is 64.9.